The van der Waals surface area contributed by atoms with E-state index in [1.807, 2.05) is 0 Å². The van der Waals surface area contributed by atoms with Gasteiger partial charge in [-0.1, -0.05) is 255 Å². The molecule has 0 N–H and O–H groups in total. The van der Waals surface area contributed by atoms with Crippen LogP contribution in [0.5, 0.6) is 0 Å². The van der Waals surface area contributed by atoms with E-state index in [1.54, 1.807) is 0 Å². The molecule has 10 rings (SSSR count). The van der Waals surface area contributed by atoms with Crippen LogP contribution in [0.25, 0.3) is 28.1 Å². The summed E-state index contributed by atoms with van der Waals surface area (Å²) in [6.45, 7) is 2.33. The summed E-state index contributed by atoms with van der Waals surface area (Å²) < 4.78 is 2.56. The van der Waals surface area contributed by atoms with Crippen LogP contribution in [0.1, 0.15) is 5.69 Å². The number of benzene rings is 9. The molecular formula is C59H47NSi2. The Morgan fingerprint density at radius 3 is 0.919 bits per heavy atom. The first-order valence-electron chi connectivity index (χ1n) is 21.5. The van der Waals surface area contributed by atoms with Gasteiger partial charge in [0.25, 0.3) is 0 Å². The topological polar surface area (TPSA) is 4.93 Å². The third kappa shape index (κ3) is 6.54. The Kier molecular flexibility index (Phi) is 10.6. The third-order valence-electron chi connectivity index (χ3n) is 12.7. The predicted molar refractivity (Wildman–Crippen MR) is 269 cm³/mol. The third-order valence-corrected chi connectivity index (χ3v) is 22.3. The number of aromatic nitrogens is 1. The van der Waals surface area contributed by atoms with Crippen molar-refractivity contribution in [3.05, 3.63) is 273 Å². The monoisotopic (exact) mass is 825 g/mol. The highest BCUT2D eigenvalue weighted by molar-refractivity contribution is 7.21. The van der Waals surface area contributed by atoms with Crippen molar-refractivity contribution in [1.29, 1.82) is 0 Å². The Labute approximate surface area is 367 Å². The van der Waals surface area contributed by atoms with E-state index in [2.05, 4.69) is 278 Å². The summed E-state index contributed by atoms with van der Waals surface area (Å²) in [5.74, 6) is 0. The first kappa shape index (κ1) is 38.9. The molecule has 1 nitrogen and oxygen atoms in total. The fourth-order valence-electron chi connectivity index (χ4n) is 10.1. The van der Waals surface area contributed by atoms with Crippen LogP contribution in [0, 0.1) is 6.92 Å². The van der Waals surface area contributed by atoms with Crippen LogP contribution < -0.4 is 41.5 Å². The van der Waals surface area contributed by atoms with Crippen LogP contribution >= 0.6 is 0 Å². The van der Waals surface area contributed by atoms with Crippen LogP contribution in [-0.2, 0) is 0 Å². The van der Waals surface area contributed by atoms with Crippen molar-refractivity contribution >= 4 is 57.6 Å². The minimum Gasteiger partial charge on any atom is -0.313 e. The van der Waals surface area contributed by atoms with Gasteiger partial charge in [0.2, 0.25) is 0 Å². The van der Waals surface area contributed by atoms with Gasteiger partial charge < -0.3 is 4.57 Å². The van der Waals surface area contributed by atoms with Gasteiger partial charge >= 0.3 is 0 Å². The maximum atomic E-state index is 2.56. The van der Waals surface area contributed by atoms with Gasteiger partial charge in [-0.15, -0.1) is 0 Å². The maximum Gasteiger partial charge on any atom is 0.182 e. The van der Waals surface area contributed by atoms with Gasteiger partial charge in [-0.3, -0.25) is 0 Å². The van der Waals surface area contributed by atoms with E-state index in [-0.39, 0.29) is 0 Å². The molecule has 3 heteroatoms. The highest BCUT2D eigenvalue weighted by Crippen LogP contribution is 2.36. The number of hydrogen-bond acceptors (Lipinski definition) is 0. The molecule has 0 bridgehead atoms. The average Bonchev–Trinajstić information content (AvgIpc) is 3.67. The fourth-order valence-corrected chi connectivity index (χ4v) is 20.1. The van der Waals surface area contributed by atoms with Crippen molar-refractivity contribution in [3.63, 3.8) is 0 Å². The second kappa shape index (κ2) is 17.0. The smallest absolute Gasteiger partial charge is 0.182 e. The van der Waals surface area contributed by atoms with Gasteiger partial charge in [0, 0.05) is 16.9 Å². The van der Waals surface area contributed by atoms with Crippen molar-refractivity contribution in [2.75, 3.05) is 0 Å². The molecule has 0 aliphatic heterocycles. The molecule has 0 amide bonds. The summed E-state index contributed by atoms with van der Waals surface area (Å²) >= 11 is 0. The molecule has 10 aromatic rings. The molecule has 0 atom stereocenters. The Bertz CT molecular complexity index is 2820. The molecule has 62 heavy (non-hydrogen) atoms. The van der Waals surface area contributed by atoms with Gasteiger partial charge in [-0.05, 0) is 71.7 Å². The number of hydrogen-bond donors (Lipinski definition) is 0. The molecule has 296 valence electrons. The average molecular weight is 826 g/mol. The van der Waals surface area contributed by atoms with Crippen LogP contribution in [-0.4, -0.2) is 20.7 Å². The lowest BCUT2D eigenvalue weighted by atomic mass is 10.0. The molecule has 0 radical (unpaired) electrons. The molecule has 0 aliphatic carbocycles. The normalized spacial score (nSPS) is 11.6. The van der Waals surface area contributed by atoms with Crippen LogP contribution in [0.3, 0.4) is 0 Å². The lowest BCUT2D eigenvalue weighted by molar-refractivity contribution is 1.03. The van der Waals surface area contributed by atoms with Gasteiger partial charge in [0.05, 0.1) is 5.69 Å². The Balaban J connectivity index is 1.36. The van der Waals surface area contributed by atoms with Gasteiger partial charge in [-0.2, -0.15) is 0 Å². The summed E-state index contributed by atoms with van der Waals surface area (Å²) in [6, 6.07) is 99.6. The molecule has 0 saturated heterocycles. The zero-order valence-corrected chi connectivity index (χ0v) is 36.9. The van der Waals surface area contributed by atoms with Crippen LogP contribution in [0.2, 0.25) is 0 Å². The maximum absolute atomic E-state index is 3.12. The molecule has 0 unspecified atom stereocenters. The van der Waals surface area contributed by atoms with Gasteiger partial charge in [-0.25, -0.2) is 0 Å². The van der Waals surface area contributed by atoms with E-state index >= 15 is 0 Å². The second-order valence-corrected chi connectivity index (χ2v) is 23.5. The van der Waals surface area contributed by atoms with Crippen LogP contribution in [0.15, 0.2) is 267 Å². The SMILES string of the molecule is Cc1c(-c2ccccc2)c([Si](c2ccccc2)(c2ccccc2)c2ccccc2)c(-c2ccc([Si](c3ccccc3)(c3ccccc3)c3ccccc3)cc2)n1-c1ccccc1. The van der Waals surface area contributed by atoms with E-state index in [0.29, 0.717) is 0 Å². The van der Waals surface area contributed by atoms with E-state index in [1.165, 1.54) is 69.6 Å². The Hall–Kier alpha value is -7.31. The molecule has 1 aromatic heterocycles. The van der Waals surface area contributed by atoms with Crippen molar-refractivity contribution < 1.29 is 0 Å². The summed E-state index contributed by atoms with van der Waals surface area (Å²) in [5.41, 5.74) is 7.29. The summed E-state index contributed by atoms with van der Waals surface area (Å²) in [6.07, 6.45) is 0. The number of nitrogens with zero attached hydrogens (tertiary/aromatic N) is 1. The zero-order valence-electron chi connectivity index (χ0n) is 34.9. The standard InChI is InChI=1S/C59H47NSi2/c1-46-57(47-26-10-2-11-27-47)59(62(53-36-20-7-21-37-53,54-38-22-8-23-39-54)55-40-24-9-25-41-55)58(60(46)49-28-12-3-13-29-49)48-42-44-56(45-43-48)61(50-30-14-4-15-31-50,51-32-16-5-17-33-51)52-34-18-6-19-35-52/h2-45H,1H3. The molecule has 1 heterocycles. The quantitative estimate of drug-likeness (QED) is 0.0908. The van der Waals surface area contributed by atoms with E-state index in [4.69, 9.17) is 0 Å². The molecule has 0 spiro atoms. The van der Waals surface area contributed by atoms with Crippen molar-refractivity contribution in [3.8, 4) is 28.1 Å². The first-order chi connectivity index (χ1) is 30.7. The minimum atomic E-state index is -3.12. The highest BCUT2D eigenvalue weighted by atomic mass is 28.3. The zero-order chi connectivity index (χ0) is 41.8. The van der Waals surface area contributed by atoms with E-state index < -0.39 is 16.1 Å². The number of rotatable bonds is 11. The predicted octanol–water partition coefficient (Wildman–Crippen LogP) is 8.87. The molecule has 0 saturated carbocycles. The van der Waals surface area contributed by atoms with Crippen molar-refractivity contribution in [1.82, 2.24) is 4.57 Å². The van der Waals surface area contributed by atoms with Crippen molar-refractivity contribution in [2.45, 2.75) is 6.92 Å². The number of para-hydroxylation sites is 1. The lowest BCUT2D eigenvalue weighted by Gasteiger charge is -2.36. The summed E-state index contributed by atoms with van der Waals surface area (Å²) in [5, 5.41) is 10.9. The molecule has 0 aliphatic rings. The minimum absolute atomic E-state index is 1.14. The molecular weight excluding hydrogens is 779 g/mol. The van der Waals surface area contributed by atoms with Crippen molar-refractivity contribution in [2.24, 2.45) is 0 Å². The molecule has 9 aromatic carbocycles. The van der Waals surface area contributed by atoms with Crippen LogP contribution in [0.4, 0.5) is 0 Å². The van der Waals surface area contributed by atoms with Gasteiger partial charge in [0.15, 0.2) is 16.1 Å². The lowest BCUT2D eigenvalue weighted by Crippen LogP contribution is -2.75. The van der Waals surface area contributed by atoms with E-state index in [9.17, 15) is 0 Å². The fraction of sp³-hybridized carbons (Fsp3) is 0.0169. The molecule has 0 fully saturated rings. The Morgan fingerprint density at radius 1 is 0.274 bits per heavy atom. The Morgan fingerprint density at radius 2 is 0.565 bits per heavy atom. The second-order valence-electron chi connectivity index (χ2n) is 16.0. The van der Waals surface area contributed by atoms with E-state index in [0.717, 1.165) is 5.69 Å². The van der Waals surface area contributed by atoms with Gasteiger partial charge in [0.1, 0.15) is 0 Å². The highest BCUT2D eigenvalue weighted by Gasteiger charge is 2.47. The summed E-state index contributed by atoms with van der Waals surface area (Å²) in [4.78, 5) is 0. The first-order valence-corrected chi connectivity index (χ1v) is 25.5. The largest absolute Gasteiger partial charge is 0.313 e. The summed E-state index contributed by atoms with van der Waals surface area (Å²) in [7, 11) is -5.88.